The van der Waals surface area contributed by atoms with E-state index < -0.39 is 0 Å². The van der Waals surface area contributed by atoms with Crippen molar-refractivity contribution in [1.29, 1.82) is 0 Å². The molecule has 7 aromatic rings. The second-order valence-corrected chi connectivity index (χ2v) is 15.8. The van der Waals surface area contributed by atoms with Crippen molar-refractivity contribution in [3.05, 3.63) is 189 Å². The van der Waals surface area contributed by atoms with E-state index in [1.165, 1.54) is 44.5 Å². The van der Waals surface area contributed by atoms with E-state index in [1.807, 2.05) is 13.0 Å². The van der Waals surface area contributed by atoms with Gasteiger partial charge in [-0.3, -0.25) is 0 Å². The summed E-state index contributed by atoms with van der Waals surface area (Å²) in [6, 6.07) is 42.6. The van der Waals surface area contributed by atoms with E-state index in [0.29, 0.717) is 22.5 Å². The number of hydrogen-bond donors (Lipinski definition) is 0. The van der Waals surface area contributed by atoms with Gasteiger partial charge in [-0.15, -0.1) is 5.46 Å². The Morgan fingerprint density at radius 1 is 0.500 bits per heavy atom. The number of aliphatic imine (C=N–C) groups is 2. The summed E-state index contributed by atoms with van der Waals surface area (Å²) in [5, 5.41) is 0. The molecule has 7 aromatic carbocycles. The van der Waals surface area contributed by atoms with Gasteiger partial charge in [-0.25, -0.2) is 9.98 Å². The van der Waals surface area contributed by atoms with Gasteiger partial charge in [-0.05, 0) is 137 Å². The van der Waals surface area contributed by atoms with Crippen LogP contribution >= 0.6 is 0 Å². The van der Waals surface area contributed by atoms with E-state index in [2.05, 4.69) is 150 Å². The quantitative estimate of drug-likeness (QED) is 0.0923. The summed E-state index contributed by atoms with van der Waals surface area (Å²) in [6.07, 6.45) is 1.64. The van der Waals surface area contributed by atoms with Gasteiger partial charge in [-0.2, -0.15) is 0 Å². The molecule has 9 rings (SSSR count). The number of hydrogen-bond acceptors (Lipinski definition) is 1. The zero-order chi connectivity index (χ0) is 40.4. The van der Waals surface area contributed by atoms with Crippen LogP contribution in [0.25, 0.3) is 50.2 Å². The molecule has 2 aliphatic carbocycles. The van der Waals surface area contributed by atoms with Crippen LogP contribution in [-0.2, 0) is 12.8 Å². The number of rotatable bonds is 6. The maximum Gasteiger partial charge on any atom is 0.160 e. The summed E-state index contributed by atoms with van der Waals surface area (Å²) in [4.78, 5) is 10.6. The number of fused-ring (bicyclic) bond motifs is 6. The molecule has 6 radical (unpaired) electrons. The Hall–Kier alpha value is -6.19. The van der Waals surface area contributed by atoms with Crippen LogP contribution < -0.4 is 16.4 Å². The van der Waals surface area contributed by atoms with Gasteiger partial charge >= 0.3 is 0 Å². The molecule has 0 saturated carbocycles. The molecule has 0 aromatic heterocycles. The average Bonchev–Trinajstić information content (AvgIpc) is 3.85. The van der Waals surface area contributed by atoms with Gasteiger partial charge in [0, 0.05) is 16.8 Å². The minimum Gasteiger partial charge on any atom is -0.233 e. The summed E-state index contributed by atoms with van der Waals surface area (Å²) in [5.74, 6) is 0.588. The number of amidine groups is 1. The third kappa shape index (κ3) is 6.16. The zero-order valence-corrected chi connectivity index (χ0v) is 33.8. The van der Waals surface area contributed by atoms with Gasteiger partial charge in [0.05, 0.1) is 5.70 Å². The fourth-order valence-electron chi connectivity index (χ4n) is 9.28. The lowest BCUT2D eigenvalue weighted by molar-refractivity contribution is 1.22. The fraction of sp³-hybridized carbons (Fsp3) is 0.132. The van der Waals surface area contributed by atoms with Crippen LogP contribution in [0.15, 0.2) is 138 Å². The standard InChI is InChI=1S/C53H41B3N2/c1-29-44-28-45-47(48(44)32(4)52(56)51(29)55)30(2)46(31(3)50(45)54)39-17-12-19-41(27-39)53(57-33(5)35-22-24-37(25-23-35)36-14-8-7-9-15-36)58-34(6)42-21-13-18-40-26-38-16-10-11-20-43(38)49(40)42/h7-25,27H,6,26,28H2,1-5H3. The molecule has 0 amide bonds. The first kappa shape index (κ1) is 37.4. The Balaban J connectivity index is 1.19. The van der Waals surface area contributed by atoms with Gasteiger partial charge in [0.2, 0.25) is 0 Å². The fourth-order valence-corrected chi connectivity index (χ4v) is 9.28. The van der Waals surface area contributed by atoms with Gasteiger partial charge < -0.3 is 0 Å². The Morgan fingerprint density at radius 3 is 1.90 bits per heavy atom. The predicted octanol–water partition coefficient (Wildman–Crippen LogP) is 9.70. The topological polar surface area (TPSA) is 24.7 Å². The predicted molar refractivity (Wildman–Crippen MR) is 250 cm³/mol. The van der Waals surface area contributed by atoms with Crippen LogP contribution in [0, 0.1) is 27.7 Å². The lowest BCUT2D eigenvalue weighted by Crippen LogP contribution is -2.32. The number of benzene rings is 7. The Bertz CT molecular complexity index is 2920. The molecule has 272 valence electrons. The monoisotopic (exact) mass is 738 g/mol. The lowest BCUT2D eigenvalue weighted by atomic mass is 9.72. The highest BCUT2D eigenvalue weighted by Crippen LogP contribution is 2.45. The van der Waals surface area contributed by atoms with E-state index in [-0.39, 0.29) is 0 Å². The molecule has 0 spiro atoms. The first-order valence-electron chi connectivity index (χ1n) is 19.9. The Labute approximate surface area is 346 Å². The minimum atomic E-state index is 0.588. The smallest absolute Gasteiger partial charge is 0.160 e. The lowest BCUT2D eigenvalue weighted by Gasteiger charge is -2.22. The Kier molecular flexibility index (Phi) is 9.44. The van der Waals surface area contributed by atoms with E-state index in [4.69, 9.17) is 33.5 Å². The normalized spacial score (nSPS) is 12.9. The maximum atomic E-state index is 7.06. The minimum absolute atomic E-state index is 0.588. The largest absolute Gasteiger partial charge is 0.233 e. The summed E-state index contributed by atoms with van der Waals surface area (Å²) in [6.45, 7) is 15.1. The molecule has 0 atom stereocenters. The molecule has 2 nitrogen and oxygen atoms in total. The van der Waals surface area contributed by atoms with Crippen LogP contribution in [0.3, 0.4) is 0 Å². The Morgan fingerprint density at radius 2 is 1.12 bits per heavy atom. The third-order valence-electron chi connectivity index (χ3n) is 12.5. The molecule has 2 aliphatic rings. The van der Waals surface area contributed by atoms with Crippen molar-refractivity contribution in [3.63, 3.8) is 0 Å². The molecule has 5 heteroatoms. The average molecular weight is 738 g/mol. The molecule has 58 heavy (non-hydrogen) atoms. The summed E-state index contributed by atoms with van der Waals surface area (Å²) < 4.78 is 0. The molecule has 0 bridgehead atoms. The van der Waals surface area contributed by atoms with Gasteiger partial charge in [0.25, 0.3) is 0 Å². The molecule has 0 N–H and O–H groups in total. The van der Waals surface area contributed by atoms with Crippen LogP contribution in [0.4, 0.5) is 0 Å². The maximum absolute atomic E-state index is 7.06. The molecular weight excluding hydrogens is 697 g/mol. The van der Waals surface area contributed by atoms with Crippen LogP contribution in [0.1, 0.15) is 68.1 Å². The van der Waals surface area contributed by atoms with Crippen molar-refractivity contribution in [2.75, 3.05) is 0 Å². The first-order valence-corrected chi connectivity index (χ1v) is 19.9. The second-order valence-electron chi connectivity index (χ2n) is 15.8. The number of nitrogens with zero attached hydrogens (tertiary/aromatic N) is 2. The zero-order valence-electron chi connectivity index (χ0n) is 33.8. The van der Waals surface area contributed by atoms with Crippen LogP contribution in [0.5, 0.6) is 0 Å². The van der Waals surface area contributed by atoms with E-state index >= 15 is 0 Å². The van der Waals surface area contributed by atoms with Crippen molar-refractivity contribution in [2.24, 2.45) is 9.98 Å². The summed E-state index contributed by atoms with van der Waals surface area (Å²) in [7, 11) is 20.2. The molecular formula is C53H41B3N2. The highest BCUT2D eigenvalue weighted by atomic mass is 14.9. The summed E-state index contributed by atoms with van der Waals surface area (Å²) >= 11 is 0. The molecule has 0 aliphatic heterocycles. The summed E-state index contributed by atoms with van der Waals surface area (Å²) in [5.41, 5.74) is 25.0. The van der Waals surface area contributed by atoms with Crippen molar-refractivity contribution in [1.82, 2.24) is 0 Å². The van der Waals surface area contributed by atoms with Crippen molar-refractivity contribution in [3.8, 4) is 44.5 Å². The van der Waals surface area contributed by atoms with Crippen molar-refractivity contribution >= 4 is 57.2 Å². The van der Waals surface area contributed by atoms with Crippen molar-refractivity contribution in [2.45, 2.75) is 47.5 Å². The molecule has 0 heterocycles. The second kappa shape index (κ2) is 14.6. The van der Waals surface area contributed by atoms with Crippen LogP contribution in [0.2, 0.25) is 0 Å². The van der Waals surface area contributed by atoms with Gasteiger partial charge in [0.1, 0.15) is 23.5 Å². The SMILES string of the molecule is [B]c1c([B])c(C)c2c(c1C)Cc1c([B])c(C)c(-c3cccc(C(N=C(C)c4ccc(-c5ccccc5)cc4)=NC(=C)c4cccc5c4-c4ccccc4C5)c3)c(C)c1-2. The van der Waals surface area contributed by atoms with E-state index in [0.717, 1.165) is 85.2 Å². The molecule has 0 fully saturated rings. The van der Waals surface area contributed by atoms with Gasteiger partial charge in [-0.1, -0.05) is 144 Å². The van der Waals surface area contributed by atoms with E-state index in [1.54, 1.807) is 0 Å². The first-order chi connectivity index (χ1) is 28.0. The highest BCUT2D eigenvalue weighted by molar-refractivity contribution is 6.50. The van der Waals surface area contributed by atoms with E-state index in [9.17, 15) is 0 Å². The molecule has 0 unspecified atom stereocenters. The molecule has 0 saturated heterocycles. The van der Waals surface area contributed by atoms with Gasteiger partial charge in [0.15, 0.2) is 5.84 Å². The van der Waals surface area contributed by atoms with Crippen LogP contribution in [-0.4, -0.2) is 35.1 Å². The third-order valence-corrected chi connectivity index (χ3v) is 12.5. The highest BCUT2D eigenvalue weighted by Gasteiger charge is 2.30. The van der Waals surface area contributed by atoms with Crippen molar-refractivity contribution < 1.29 is 0 Å².